The van der Waals surface area contributed by atoms with Crippen LogP contribution in [0.3, 0.4) is 0 Å². The lowest BCUT2D eigenvalue weighted by Crippen LogP contribution is -2.70. The number of carboxylic acid groups (broad SMARTS) is 1. The van der Waals surface area contributed by atoms with Crippen LogP contribution in [0.25, 0.3) is 6.08 Å². The van der Waals surface area contributed by atoms with E-state index in [-0.39, 0.29) is 42.4 Å². The Hall–Kier alpha value is -4.12. The number of aliphatic imine (C=N–C) groups is 1. The molecule has 10 nitrogen and oxygen atoms in total. The number of hydrogen-bond donors (Lipinski definition) is 6. The van der Waals surface area contributed by atoms with E-state index in [0.717, 1.165) is 5.56 Å². The highest BCUT2D eigenvalue weighted by Gasteiger charge is 2.82. The van der Waals surface area contributed by atoms with Crippen LogP contribution in [-0.4, -0.2) is 66.8 Å². The van der Waals surface area contributed by atoms with Crippen molar-refractivity contribution in [1.82, 2.24) is 0 Å². The average molecular weight is 764 g/mol. The molecule has 0 radical (unpaired) electrons. The highest BCUT2D eigenvalue weighted by molar-refractivity contribution is 6.02. The summed E-state index contributed by atoms with van der Waals surface area (Å²) in [5, 5.41) is 49.6. The quantitative estimate of drug-likeness (QED) is 0.129. The van der Waals surface area contributed by atoms with E-state index >= 15 is 4.79 Å². The fourth-order valence-corrected chi connectivity index (χ4v) is 14.2. The summed E-state index contributed by atoms with van der Waals surface area (Å²) in [5.74, 6) is -3.54. The number of guanidine groups is 1. The minimum absolute atomic E-state index is 0.0543. The standard InChI is InChI=1S/C46H57N3O7/c1-26-33(44(54)18-10-13-28(23-44)37(52)53)30(49-38(47)48)16-20-43(26)25-45(55)21-22-46(56)29(15-14-27-11-8-7-9-12-27)35-39(2,3)32(51)17-19-40(35,4)34-31(50)24-41(43,5)42(45,6)36(34)46/h7-9,11-12,14-16,20-23,26,29-30,33,35,54-56H,10,13,17-19,24-25H2,1-6H3,(H,52,53)(H4,47,48,49)/b15-14+/t26-,29+,30+,33+,35-,40-,41+,42+,43-,44-,45+,46-/m1/s1. The van der Waals surface area contributed by atoms with Gasteiger partial charge in [0.25, 0.3) is 0 Å². The third-order valence-electron chi connectivity index (χ3n) is 16.8. The van der Waals surface area contributed by atoms with Crippen molar-refractivity contribution in [3.8, 4) is 0 Å². The third kappa shape index (κ3) is 4.66. The van der Waals surface area contributed by atoms with E-state index in [1.807, 2.05) is 89.3 Å². The molecule has 0 heterocycles. The van der Waals surface area contributed by atoms with E-state index in [4.69, 9.17) is 11.5 Å². The van der Waals surface area contributed by atoms with Gasteiger partial charge in [0, 0.05) is 57.5 Å². The molecule has 7 aliphatic rings. The molecule has 1 spiro atoms. The number of carbonyl (C=O) groups is 3. The van der Waals surface area contributed by atoms with Crippen LogP contribution < -0.4 is 11.5 Å². The second-order valence-electron chi connectivity index (χ2n) is 19.5. The van der Waals surface area contributed by atoms with Gasteiger partial charge >= 0.3 is 5.97 Å². The van der Waals surface area contributed by atoms with E-state index in [1.165, 1.54) is 6.08 Å². The number of ketones is 2. The maximum Gasteiger partial charge on any atom is 0.331 e. The lowest BCUT2D eigenvalue weighted by Gasteiger charge is -2.69. The topological polar surface area (TPSA) is 197 Å². The van der Waals surface area contributed by atoms with E-state index in [1.54, 1.807) is 12.2 Å². The van der Waals surface area contributed by atoms with Gasteiger partial charge in [0.05, 0.1) is 17.2 Å². The largest absolute Gasteiger partial charge is 0.478 e. The zero-order valence-corrected chi connectivity index (χ0v) is 33.4. The highest BCUT2D eigenvalue weighted by Crippen LogP contribution is 2.82. The number of rotatable bonds is 5. The van der Waals surface area contributed by atoms with Crippen LogP contribution >= 0.6 is 0 Å². The summed E-state index contributed by atoms with van der Waals surface area (Å²) in [6, 6.07) is 9.10. The number of fused-ring (bicyclic) bond motifs is 3. The van der Waals surface area contributed by atoms with E-state index in [9.17, 15) is 30.0 Å². The van der Waals surface area contributed by atoms with Gasteiger partial charge in [0.2, 0.25) is 0 Å². The van der Waals surface area contributed by atoms with Crippen molar-refractivity contribution in [2.24, 2.45) is 67.2 Å². The molecule has 0 bridgehead atoms. The number of hydrogen-bond acceptors (Lipinski definition) is 7. The summed E-state index contributed by atoms with van der Waals surface area (Å²) < 4.78 is 0. The van der Waals surface area contributed by atoms with Crippen LogP contribution in [-0.2, 0) is 14.4 Å². The summed E-state index contributed by atoms with van der Waals surface area (Å²) in [4.78, 5) is 46.1. The summed E-state index contributed by atoms with van der Waals surface area (Å²) in [6.45, 7) is 12.0. The Morgan fingerprint density at radius 2 is 1.64 bits per heavy atom. The van der Waals surface area contributed by atoms with E-state index < -0.39 is 79.6 Å². The SMILES string of the molecule is C[C@@H]1[C@H]([C@]2(O)C=C(C(=O)O)CCC2)[C@@H](N=C(N)N)C=C[C@@]12C[C@@]1(O)C=C[C@]3(O)C4=C(C(=O)C[C@@]2(C)[C@]41C)[C@@]1(C)CCC(=O)C(C)(C)[C@H]1[C@@H]3/C=C/c1ccccc1. The van der Waals surface area contributed by atoms with Crippen LogP contribution in [0.15, 0.2) is 88.5 Å². The second kappa shape index (κ2) is 12.0. The lowest BCUT2D eigenvalue weighted by atomic mass is 9.35. The van der Waals surface area contributed by atoms with Crippen molar-refractivity contribution in [1.29, 1.82) is 0 Å². The summed E-state index contributed by atoms with van der Waals surface area (Å²) in [5.41, 5.74) is 4.33. The van der Waals surface area contributed by atoms with Crippen LogP contribution in [0.2, 0.25) is 0 Å². The Labute approximate surface area is 329 Å². The molecule has 0 aromatic heterocycles. The zero-order valence-electron chi connectivity index (χ0n) is 33.4. The van der Waals surface area contributed by atoms with Crippen LogP contribution in [0.5, 0.6) is 0 Å². The van der Waals surface area contributed by atoms with Crippen molar-refractivity contribution in [2.45, 2.75) is 109 Å². The normalized spacial score (nSPS) is 46.1. The Bertz CT molecular complexity index is 2110. The molecular formula is C46H57N3O7. The Morgan fingerprint density at radius 1 is 0.946 bits per heavy atom. The number of nitrogens with two attached hydrogens (primary N) is 2. The van der Waals surface area contributed by atoms with Crippen LogP contribution in [0.1, 0.15) is 92.1 Å². The highest BCUT2D eigenvalue weighted by atomic mass is 16.4. The van der Waals surface area contributed by atoms with Crippen molar-refractivity contribution in [2.75, 3.05) is 0 Å². The predicted molar refractivity (Wildman–Crippen MR) is 213 cm³/mol. The summed E-state index contributed by atoms with van der Waals surface area (Å²) in [7, 11) is 0. The molecule has 8 rings (SSSR count). The van der Waals surface area contributed by atoms with Crippen molar-refractivity contribution < 1.29 is 34.8 Å². The number of carbonyl (C=O) groups excluding carboxylic acids is 2. The monoisotopic (exact) mass is 763 g/mol. The molecule has 0 amide bonds. The number of Topliss-reactive ketones (excluding diaryl/α,β-unsaturated/α-hetero) is 2. The van der Waals surface area contributed by atoms with Gasteiger partial charge in [0.1, 0.15) is 11.4 Å². The molecule has 0 saturated heterocycles. The fraction of sp³-hybridized carbons (Fsp3) is 0.565. The molecule has 10 heteroatoms. The molecular weight excluding hydrogens is 707 g/mol. The second-order valence-corrected chi connectivity index (χ2v) is 19.5. The molecule has 298 valence electrons. The molecule has 1 aromatic carbocycles. The van der Waals surface area contributed by atoms with Crippen molar-refractivity contribution >= 4 is 29.6 Å². The number of aliphatic carboxylic acids is 1. The van der Waals surface area contributed by atoms with Crippen LogP contribution in [0.4, 0.5) is 0 Å². The molecule has 0 unspecified atom stereocenters. The molecule has 7 aliphatic carbocycles. The van der Waals surface area contributed by atoms with Crippen LogP contribution in [0, 0.1) is 50.7 Å². The molecule has 0 aliphatic heterocycles. The number of aliphatic hydroxyl groups is 3. The first-order chi connectivity index (χ1) is 26.1. The first-order valence-corrected chi connectivity index (χ1v) is 20.2. The minimum atomic E-state index is -1.73. The fourth-order valence-electron chi connectivity index (χ4n) is 14.2. The van der Waals surface area contributed by atoms with Crippen molar-refractivity contribution in [3.63, 3.8) is 0 Å². The predicted octanol–water partition coefficient (Wildman–Crippen LogP) is 5.44. The molecule has 8 N–H and O–H groups in total. The lowest BCUT2D eigenvalue weighted by molar-refractivity contribution is -0.165. The van der Waals surface area contributed by atoms with Crippen molar-refractivity contribution in [3.05, 3.63) is 89.1 Å². The van der Waals surface area contributed by atoms with Gasteiger partial charge in [-0.3, -0.25) is 9.59 Å². The third-order valence-corrected chi connectivity index (χ3v) is 16.8. The Balaban J connectivity index is 1.38. The first kappa shape index (κ1) is 38.7. The van der Waals surface area contributed by atoms with E-state index in [2.05, 4.69) is 11.9 Å². The minimum Gasteiger partial charge on any atom is -0.478 e. The van der Waals surface area contributed by atoms with E-state index in [0.29, 0.717) is 36.8 Å². The van der Waals surface area contributed by atoms with Gasteiger partial charge in [-0.05, 0) is 72.6 Å². The van der Waals surface area contributed by atoms with Gasteiger partial charge in [-0.1, -0.05) is 102 Å². The van der Waals surface area contributed by atoms with Gasteiger partial charge in [-0.25, -0.2) is 9.79 Å². The number of carboxylic acids is 1. The first-order valence-electron chi connectivity index (χ1n) is 20.2. The average Bonchev–Trinajstić information content (AvgIpc) is 3.27. The van der Waals surface area contributed by atoms with Gasteiger partial charge in [0.15, 0.2) is 11.7 Å². The Kier molecular flexibility index (Phi) is 8.27. The molecule has 2 fully saturated rings. The van der Waals surface area contributed by atoms with Gasteiger partial charge in [-0.15, -0.1) is 0 Å². The maximum atomic E-state index is 15.4. The zero-order chi connectivity index (χ0) is 40.6. The summed E-state index contributed by atoms with van der Waals surface area (Å²) in [6.07, 6.45) is 14.8. The number of nitrogens with zero attached hydrogens (tertiary/aromatic N) is 1. The smallest absolute Gasteiger partial charge is 0.331 e. The summed E-state index contributed by atoms with van der Waals surface area (Å²) >= 11 is 0. The molecule has 56 heavy (non-hydrogen) atoms. The molecule has 12 atom stereocenters. The number of benzene rings is 1. The molecule has 1 aromatic rings. The Morgan fingerprint density at radius 3 is 2.30 bits per heavy atom. The van der Waals surface area contributed by atoms with Gasteiger partial charge < -0.3 is 31.9 Å². The van der Waals surface area contributed by atoms with Gasteiger partial charge in [-0.2, -0.15) is 0 Å². The number of allylic oxidation sites excluding steroid dienone is 2. The maximum absolute atomic E-state index is 15.4. The molecule has 2 saturated carbocycles.